The third kappa shape index (κ3) is 4.65. The minimum absolute atomic E-state index is 0.403. The van der Waals surface area contributed by atoms with Gasteiger partial charge in [-0.3, -0.25) is 0 Å². The van der Waals surface area contributed by atoms with Gasteiger partial charge in [-0.1, -0.05) is 59.2 Å². The smallest absolute Gasteiger partial charge is 0.142 e. The van der Waals surface area contributed by atoms with Crippen molar-refractivity contribution < 1.29 is 4.84 Å². The maximum Gasteiger partial charge on any atom is 0.142 e. The minimum atomic E-state index is 0.403. The van der Waals surface area contributed by atoms with Crippen LogP contribution in [0.25, 0.3) is 16.9 Å². The average molecular weight is 403 g/mol. The van der Waals surface area contributed by atoms with Gasteiger partial charge in [0.1, 0.15) is 12.3 Å². The molecular weight excluding hydrogens is 384 g/mol. The standard InChI is InChI=1S/C23H19ClN4O/c24-19-8-6-18(7-9-19)23-14-21(15-26-29-16-17-4-2-1-3-5-17)27-28(23)22-12-10-20(25)11-13-22/h1-15H,16,25H2. The fourth-order valence-corrected chi connectivity index (χ4v) is 3.00. The molecule has 0 aliphatic heterocycles. The van der Waals surface area contributed by atoms with Crippen LogP contribution in [0.1, 0.15) is 11.3 Å². The maximum atomic E-state index is 6.04. The number of halogens is 1. The number of anilines is 1. The lowest BCUT2D eigenvalue weighted by Gasteiger charge is -2.08. The fraction of sp³-hybridized carbons (Fsp3) is 0.0435. The normalized spacial score (nSPS) is 11.1. The highest BCUT2D eigenvalue weighted by atomic mass is 35.5. The molecule has 144 valence electrons. The molecule has 0 saturated heterocycles. The Morgan fingerprint density at radius 2 is 1.69 bits per heavy atom. The summed E-state index contributed by atoms with van der Waals surface area (Å²) in [5, 5.41) is 9.42. The van der Waals surface area contributed by atoms with Crippen LogP contribution < -0.4 is 5.73 Å². The van der Waals surface area contributed by atoms with Crippen molar-refractivity contribution in [1.29, 1.82) is 0 Å². The molecule has 0 fully saturated rings. The first-order valence-electron chi connectivity index (χ1n) is 9.10. The number of aromatic nitrogens is 2. The van der Waals surface area contributed by atoms with Crippen LogP contribution in [0.5, 0.6) is 0 Å². The molecule has 4 rings (SSSR count). The second-order valence-electron chi connectivity index (χ2n) is 6.46. The van der Waals surface area contributed by atoms with Crippen LogP contribution in [0.3, 0.4) is 0 Å². The van der Waals surface area contributed by atoms with E-state index in [1.165, 1.54) is 0 Å². The van der Waals surface area contributed by atoms with Crippen LogP contribution in [0.15, 0.2) is 90.1 Å². The molecule has 0 spiro atoms. The van der Waals surface area contributed by atoms with E-state index in [2.05, 4.69) is 10.3 Å². The Bertz CT molecular complexity index is 1040. The van der Waals surface area contributed by atoms with Crippen molar-refractivity contribution in [1.82, 2.24) is 9.78 Å². The second kappa shape index (κ2) is 8.63. The van der Waals surface area contributed by atoms with Gasteiger partial charge in [-0.15, -0.1) is 0 Å². The molecule has 3 aromatic carbocycles. The van der Waals surface area contributed by atoms with Crippen molar-refractivity contribution in [3.05, 3.63) is 101 Å². The van der Waals surface area contributed by atoms with E-state index in [9.17, 15) is 0 Å². The summed E-state index contributed by atoms with van der Waals surface area (Å²) in [5.74, 6) is 0. The van der Waals surface area contributed by atoms with Gasteiger partial charge in [0.15, 0.2) is 0 Å². The predicted molar refractivity (Wildman–Crippen MR) is 117 cm³/mol. The predicted octanol–water partition coefficient (Wildman–Crippen LogP) is 5.33. The molecule has 0 saturated carbocycles. The third-order valence-electron chi connectivity index (χ3n) is 4.34. The van der Waals surface area contributed by atoms with Gasteiger partial charge in [0.25, 0.3) is 0 Å². The Morgan fingerprint density at radius 1 is 0.966 bits per heavy atom. The van der Waals surface area contributed by atoms with Crippen molar-refractivity contribution in [2.45, 2.75) is 6.61 Å². The van der Waals surface area contributed by atoms with Crippen molar-refractivity contribution in [3.8, 4) is 16.9 Å². The summed E-state index contributed by atoms with van der Waals surface area (Å²) in [6.45, 7) is 0.403. The summed E-state index contributed by atoms with van der Waals surface area (Å²) in [5.41, 5.74) is 11.1. The Labute approximate surface area is 174 Å². The van der Waals surface area contributed by atoms with Crippen LogP contribution in [0, 0.1) is 0 Å². The van der Waals surface area contributed by atoms with Crippen molar-refractivity contribution in [2.75, 3.05) is 5.73 Å². The Balaban J connectivity index is 1.61. The van der Waals surface area contributed by atoms with Gasteiger partial charge >= 0.3 is 0 Å². The van der Waals surface area contributed by atoms with Crippen molar-refractivity contribution in [2.24, 2.45) is 5.16 Å². The molecule has 0 aliphatic rings. The van der Waals surface area contributed by atoms with E-state index in [4.69, 9.17) is 22.2 Å². The first-order chi connectivity index (χ1) is 14.2. The first-order valence-corrected chi connectivity index (χ1v) is 9.48. The lowest BCUT2D eigenvalue weighted by atomic mass is 10.1. The summed E-state index contributed by atoms with van der Waals surface area (Å²) < 4.78 is 1.85. The van der Waals surface area contributed by atoms with Gasteiger partial charge in [-0.05, 0) is 48.0 Å². The summed E-state index contributed by atoms with van der Waals surface area (Å²) in [6, 6.07) is 27.0. The van der Waals surface area contributed by atoms with Gasteiger partial charge in [-0.2, -0.15) is 5.10 Å². The van der Waals surface area contributed by atoms with Crippen molar-refractivity contribution in [3.63, 3.8) is 0 Å². The Morgan fingerprint density at radius 3 is 2.41 bits per heavy atom. The van der Waals surface area contributed by atoms with Crippen LogP contribution in [0.2, 0.25) is 5.02 Å². The SMILES string of the molecule is Nc1ccc(-n2nc(C=NOCc3ccccc3)cc2-c2ccc(Cl)cc2)cc1. The van der Waals surface area contributed by atoms with Crippen LogP contribution in [0.4, 0.5) is 5.69 Å². The van der Waals surface area contributed by atoms with Gasteiger partial charge < -0.3 is 10.6 Å². The highest BCUT2D eigenvalue weighted by Gasteiger charge is 2.11. The molecular formula is C23H19ClN4O. The molecule has 5 nitrogen and oxygen atoms in total. The molecule has 0 radical (unpaired) electrons. The molecule has 0 amide bonds. The van der Waals surface area contributed by atoms with Gasteiger partial charge in [0.2, 0.25) is 0 Å². The zero-order chi connectivity index (χ0) is 20.1. The number of nitrogen functional groups attached to an aromatic ring is 1. The Kier molecular flexibility index (Phi) is 5.59. The van der Waals surface area contributed by atoms with E-state index in [-0.39, 0.29) is 0 Å². The highest BCUT2D eigenvalue weighted by Crippen LogP contribution is 2.25. The number of hydrogen-bond donors (Lipinski definition) is 1. The summed E-state index contributed by atoms with van der Waals surface area (Å²) in [6.07, 6.45) is 1.61. The number of hydrogen-bond acceptors (Lipinski definition) is 4. The molecule has 0 unspecified atom stereocenters. The van der Waals surface area contributed by atoms with Gasteiger partial charge in [0.05, 0.1) is 17.6 Å². The van der Waals surface area contributed by atoms with E-state index >= 15 is 0 Å². The van der Waals surface area contributed by atoms with E-state index in [1.54, 1.807) is 6.21 Å². The van der Waals surface area contributed by atoms with Gasteiger partial charge in [0, 0.05) is 16.3 Å². The quantitative estimate of drug-likeness (QED) is 0.269. The van der Waals surface area contributed by atoms with Crippen molar-refractivity contribution >= 4 is 23.5 Å². The zero-order valence-electron chi connectivity index (χ0n) is 15.6. The molecule has 6 heteroatoms. The van der Waals surface area contributed by atoms with Crippen LogP contribution in [-0.4, -0.2) is 16.0 Å². The fourth-order valence-electron chi connectivity index (χ4n) is 2.88. The van der Waals surface area contributed by atoms with Gasteiger partial charge in [-0.25, -0.2) is 4.68 Å². The summed E-state index contributed by atoms with van der Waals surface area (Å²) in [7, 11) is 0. The number of nitrogens with zero attached hydrogens (tertiary/aromatic N) is 3. The topological polar surface area (TPSA) is 65.4 Å². The largest absolute Gasteiger partial charge is 0.399 e. The molecule has 1 aromatic heterocycles. The zero-order valence-corrected chi connectivity index (χ0v) is 16.3. The molecule has 4 aromatic rings. The highest BCUT2D eigenvalue weighted by molar-refractivity contribution is 6.30. The van der Waals surface area contributed by atoms with E-state index in [1.807, 2.05) is 89.6 Å². The lowest BCUT2D eigenvalue weighted by molar-refractivity contribution is 0.132. The molecule has 0 aliphatic carbocycles. The lowest BCUT2D eigenvalue weighted by Crippen LogP contribution is -2.00. The average Bonchev–Trinajstić information content (AvgIpc) is 3.17. The van der Waals surface area contributed by atoms with Crippen LogP contribution >= 0.6 is 11.6 Å². The number of oxime groups is 1. The number of rotatable bonds is 6. The number of nitrogens with two attached hydrogens (primary N) is 1. The molecule has 29 heavy (non-hydrogen) atoms. The van der Waals surface area contributed by atoms with E-state index < -0.39 is 0 Å². The maximum absolute atomic E-state index is 6.04. The minimum Gasteiger partial charge on any atom is -0.399 e. The molecule has 0 bridgehead atoms. The third-order valence-corrected chi connectivity index (χ3v) is 4.59. The molecule has 2 N–H and O–H groups in total. The molecule has 0 atom stereocenters. The summed E-state index contributed by atoms with van der Waals surface area (Å²) >= 11 is 6.04. The first kappa shape index (κ1) is 18.8. The van der Waals surface area contributed by atoms with E-state index in [0.717, 1.165) is 22.5 Å². The molecule has 1 heterocycles. The monoisotopic (exact) mass is 402 g/mol. The summed E-state index contributed by atoms with van der Waals surface area (Å²) in [4.78, 5) is 5.40. The van der Waals surface area contributed by atoms with E-state index in [0.29, 0.717) is 23.0 Å². The second-order valence-corrected chi connectivity index (χ2v) is 6.89. The van der Waals surface area contributed by atoms with Crippen LogP contribution in [-0.2, 0) is 11.4 Å². The number of benzene rings is 3. The Hall–Kier alpha value is -3.57.